The Morgan fingerprint density at radius 3 is 2.72 bits per heavy atom. The number of benzene rings is 1. The number of ether oxygens (including phenoxy) is 1. The molecule has 36 heavy (non-hydrogen) atoms. The molecule has 1 heterocycles. The van der Waals surface area contributed by atoms with E-state index in [2.05, 4.69) is 10.6 Å². The van der Waals surface area contributed by atoms with Crippen LogP contribution >= 0.6 is 11.6 Å². The lowest BCUT2D eigenvalue weighted by molar-refractivity contribution is 0.0180. The number of halogens is 3. The van der Waals surface area contributed by atoms with Gasteiger partial charge >= 0.3 is 6.03 Å². The Balaban J connectivity index is 1.72. The normalized spacial score (nSPS) is 21.7. The van der Waals surface area contributed by atoms with Crippen molar-refractivity contribution in [1.82, 2.24) is 15.5 Å². The van der Waals surface area contributed by atoms with Crippen LogP contribution in [-0.4, -0.2) is 57.4 Å². The van der Waals surface area contributed by atoms with Gasteiger partial charge in [0.05, 0.1) is 5.02 Å². The molecule has 0 radical (unpaired) electrons. The molecule has 3 rings (SSSR count). The lowest BCUT2D eigenvalue weighted by Crippen LogP contribution is -2.53. The van der Waals surface area contributed by atoms with E-state index in [9.17, 15) is 4.79 Å². The van der Waals surface area contributed by atoms with Crippen LogP contribution in [0.5, 0.6) is 0 Å². The van der Waals surface area contributed by atoms with Crippen molar-refractivity contribution in [3.05, 3.63) is 34.6 Å². The number of unbranched alkanes of at least 4 members (excludes halogenated alkanes) is 1. The Morgan fingerprint density at radius 2 is 2.00 bits per heavy atom. The van der Waals surface area contributed by atoms with E-state index in [-0.39, 0.29) is 35.6 Å². The van der Waals surface area contributed by atoms with Crippen LogP contribution in [0.15, 0.2) is 18.2 Å². The van der Waals surface area contributed by atoms with E-state index in [0.29, 0.717) is 51.3 Å². The summed E-state index contributed by atoms with van der Waals surface area (Å²) < 4.78 is 37.1. The molecule has 1 aliphatic heterocycles. The number of hydrogen-bond donors (Lipinski definition) is 2. The first-order chi connectivity index (χ1) is 17.4. The summed E-state index contributed by atoms with van der Waals surface area (Å²) in [7, 11) is 3.52. The molecule has 204 valence electrons. The summed E-state index contributed by atoms with van der Waals surface area (Å²) in [6.45, 7) is 2.07. The van der Waals surface area contributed by atoms with Crippen molar-refractivity contribution in [2.75, 3.05) is 40.4 Å². The van der Waals surface area contributed by atoms with Gasteiger partial charge in [0, 0.05) is 50.9 Å². The summed E-state index contributed by atoms with van der Waals surface area (Å²) in [6, 6.07) is 4.44. The lowest BCUT2D eigenvalue weighted by Gasteiger charge is -2.41. The third kappa shape index (κ3) is 7.78. The van der Waals surface area contributed by atoms with Gasteiger partial charge in [0.2, 0.25) is 0 Å². The molecule has 5 nitrogen and oxygen atoms in total. The van der Waals surface area contributed by atoms with Gasteiger partial charge in [-0.2, -0.15) is 0 Å². The second-order valence-corrected chi connectivity index (χ2v) is 11.0. The first-order valence-electron chi connectivity index (χ1n) is 13.7. The molecule has 1 aromatic rings. The minimum Gasteiger partial charge on any atom is -0.385 e. The maximum absolute atomic E-state index is 16.9. The van der Waals surface area contributed by atoms with E-state index in [1.807, 2.05) is 7.05 Å². The monoisotopic (exact) mass is 527 g/mol. The fourth-order valence-electron chi connectivity index (χ4n) is 6.08. The summed E-state index contributed by atoms with van der Waals surface area (Å²) in [5.74, 6) is -0.562. The Kier molecular flexibility index (Phi) is 11.7. The molecule has 2 fully saturated rings. The number of carbonyl (C=O) groups is 1. The third-order valence-electron chi connectivity index (χ3n) is 8.01. The van der Waals surface area contributed by atoms with Gasteiger partial charge in [0.25, 0.3) is 0 Å². The number of likely N-dealkylation sites (N-methyl/N-ethyl adjacent to an activating group) is 1. The van der Waals surface area contributed by atoms with Crippen LogP contribution in [0.1, 0.15) is 76.2 Å². The fraction of sp³-hybridized carbons (Fsp3) is 0.750. The molecular formula is C28H44ClF2N3O2. The maximum Gasteiger partial charge on any atom is 0.317 e. The number of hydrogen-bond acceptors (Lipinski definition) is 3. The number of piperidine rings is 1. The predicted molar refractivity (Wildman–Crippen MR) is 142 cm³/mol. The van der Waals surface area contributed by atoms with Crippen molar-refractivity contribution in [2.24, 2.45) is 11.8 Å². The quantitative estimate of drug-likeness (QED) is 0.307. The SMILES string of the molecule is CNCC(CC1CCCCC1)NC(=O)N1CCCC(C(F)(CCCCOC)c2cccc(Cl)c2F)C1. The highest BCUT2D eigenvalue weighted by atomic mass is 35.5. The van der Waals surface area contributed by atoms with Crippen LogP contribution in [0, 0.1) is 17.7 Å². The molecule has 0 spiro atoms. The number of alkyl halides is 1. The number of nitrogens with one attached hydrogen (secondary N) is 2. The average Bonchev–Trinajstić information content (AvgIpc) is 2.89. The number of methoxy groups -OCH3 is 1. The molecule has 1 aromatic carbocycles. The van der Waals surface area contributed by atoms with Crippen molar-refractivity contribution in [3.63, 3.8) is 0 Å². The first kappa shape index (κ1) is 29.1. The highest BCUT2D eigenvalue weighted by Gasteiger charge is 2.45. The van der Waals surface area contributed by atoms with E-state index < -0.39 is 17.4 Å². The number of rotatable bonds is 12. The summed E-state index contributed by atoms with van der Waals surface area (Å²) in [5.41, 5.74) is -1.90. The maximum atomic E-state index is 16.9. The van der Waals surface area contributed by atoms with Crippen LogP contribution in [0.3, 0.4) is 0 Å². The molecule has 1 saturated carbocycles. The highest BCUT2D eigenvalue weighted by Crippen LogP contribution is 2.45. The second kappa shape index (κ2) is 14.5. The Morgan fingerprint density at radius 1 is 1.22 bits per heavy atom. The molecule has 3 atom stereocenters. The summed E-state index contributed by atoms with van der Waals surface area (Å²) in [5, 5.41) is 6.35. The van der Waals surface area contributed by atoms with Gasteiger partial charge < -0.3 is 20.3 Å². The summed E-state index contributed by atoms with van der Waals surface area (Å²) in [6.07, 6.45) is 9.94. The van der Waals surface area contributed by atoms with Gasteiger partial charge in [-0.25, -0.2) is 13.6 Å². The summed E-state index contributed by atoms with van der Waals surface area (Å²) in [4.78, 5) is 15.0. The van der Waals surface area contributed by atoms with Gasteiger partial charge in [0.1, 0.15) is 11.5 Å². The van der Waals surface area contributed by atoms with Crippen LogP contribution in [0.4, 0.5) is 13.6 Å². The van der Waals surface area contributed by atoms with Crippen LogP contribution in [0.25, 0.3) is 0 Å². The molecule has 1 saturated heterocycles. The Bertz CT molecular complexity index is 824. The minimum absolute atomic E-state index is 0.00466. The molecule has 0 aromatic heterocycles. The van der Waals surface area contributed by atoms with Crippen LogP contribution in [0.2, 0.25) is 5.02 Å². The Hall–Kier alpha value is -1.44. The van der Waals surface area contributed by atoms with Gasteiger partial charge in [-0.3, -0.25) is 0 Å². The number of amides is 2. The molecule has 2 amide bonds. The highest BCUT2D eigenvalue weighted by molar-refractivity contribution is 6.30. The van der Waals surface area contributed by atoms with Crippen LogP contribution < -0.4 is 10.6 Å². The number of nitrogens with zero attached hydrogens (tertiary/aromatic N) is 1. The smallest absolute Gasteiger partial charge is 0.317 e. The van der Waals surface area contributed by atoms with Crippen molar-refractivity contribution in [2.45, 2.75) is 82.3 Å². The molecular weight excluding hydrogens is 484 g/mol. The van der Waals surface area contributed by atoms with E-state index in [0.717, 1.165) is 6.42 Å². The van der Waals surface area contributed by atoms with Crippen molar-refractivity contribution >= 4 is 17.6 Å². The van der Waals surface area contributed by atoms with E-state index in [1.165, 1.54) is 44.2 Å². The van der Waals surface area contributed by atoms with E-state index in [4.69, 9.17) is 16.3 Å². The first-order valence-corrected chi connectivity index (χ1v) is 14.1. The Labute approximate surface area is 220 Å². The van der Waals surface area contributed by atoms with Crippen molar-refractivity contribution in [1.29, 1.82) is 0 Å². The number of urea groups is 1. The van der Waals surface area contributed by atoms with Gasteiger partial charge in [-0.1, -0.05) is 55.8 Å². The van der Waals surface area contributed by atoms with Gasteiger partial charge in [-0.05, 0) is 57.6 Å². The minimum atomic E-state index is -1.91. The van der Waals surface area contributed by atoms with E-state index in [1.54, 1.807) is 18.1 Å². The largest absolute Gasteiger partial charge is 0.385 e. The lowest BCUT2D eigenvalue weighted by atomic mass is 9.75. The summed E-state index contributed by atoms with van der Waals surface area (Å²) >= 11 is 6.05. The topological polar surface area (TPSA) is 53.6 Å². The number of carbonyl (C=O) groups excluding carboxylic acids is 1. The molecule has 3 unspecified atom stereocenters. The van der Waals surface area contributed by atoms with Crippen LogP contribution in [-0.2, 0) is 10.4 Å². The van der Waals surface area contributed by atoms with Crippen molar-refractivity contribution < 1.29 is 18.3 Å². The number of likely N-dealkylation sites (tertiary alicyclic amines) is 1. The van der Waals surface area contributed by atoms with Gasteiger partial charge in [0.15, 0.2) is 0 Å². The van der Waals surface area contributed by atoms with E-state index >= 15 is 8.78 Å². The zero-order valence-corrected chi connectivity index (χ0v) is 22.7. The standard InChI is InChI=1S/C28H44ClF2N3O2/c1-32-19-23(18-21-10-4-3-5-11-21)33-27(35)34-16-9-12-22(20-34)28(31,15-6-7-17-36-2)24-13-8-14-25(29)26(24)30/h8,13-14,21-23,32H,3-7,9-12,15-20H2,1-2H3,(H,33,35). The molecule has 2 N–H and O–H groups in total. The fourth-order valence-corrected chi connectivity index (χ4v) is 6.25. The second-order valence-electron chi connectivity index (χ2n) is 10.6. The zero-order valence-electron chi connectivity index (χ0n) is 22.0. The molecule has 0 bridgehead atoms. The molecule has 2 aliphatic rings. The van der Waals surface area contributed by atoms with Gasteiger partial charge in [-0.15, -0.1) is 0 Å². The average molecular weight is 528 g/mol. The third-order valence-corrected chi connectivity index (χ3v) is 8.31. The zero-order chi connectivity index (χ0) is 26.0. The predicted octanol–water partition coefficient (Wildman–Crippen LogP) is 6.44. The molecule has 8 heteroatoms. The molecule has 1 aliphatic carbocycles. The van der Waals surface area contributed by atoms with Crippen molar-refractivity contribution in [3.8, 4) is 0 Å².